The number of guanidine groups is 1. The van der Waals surface area contributed by atoms with Crippen LogP contribution in [0.4, 0.5) is 0 Å². The van der Waals surface area contributed by atoms with Gasteiger partial charge in [0.2, 0.25) is 0 Å². The third-order valence-corrected chi connectivity index (χ3v) is 4.96. The number of hydrogen-bond acceptors (Lipinski definition) is 3. The summed E-state index contributed by atoms with van der Waals surface area (Å²) >= 11 is 0. The molecule has 0 atom stereocenters. The summed E-state index contributed by atoms with van der Waals surface area (Å²) in [6.45, 7) is 6.25. The van der Waals surface area contributed by atoms with Gasteiger partial charge in [0.05, 0.1) is 12.3 Å². The van der Waals surface area contributed by atoms with Gasteiger partial charge in [-0.15, -0.1) is 24.0 Å². The Morgan fingerprint density at radius 2 is 1.54 bits per heavy atom. The molecule has 7 heteroatoms. The standard InChI is InChI=1S/C21H29N3O2S.HI/c1-5-22-21(24(3)15-19-8-6-17(2)7-9-19)23-14-18-10-12-20(13-11-18)16-27(4,25)26;/h6-13H,5,14-16H2,1-4H3,(H,22,23);1H. The van der Waals surface area contributed by atoms with Gasteiger partial charge in [-0.05, 0) is 30.5 Å². The summed E-state index contributed by atoms with van der Waals surface area (Å²) in [7, 11) is -0.987. The molecule has 0 saturated carbocycles. The summed E-state index contributed by atoms with van der Waals surface area (Å²) in [5, 5.41) is 3.32. The predicted molar refractivity (Wildman–Crippen MR) is 128 cm³/mol. The van der Waals surface area contributed by atoms with Crippen LogP contribution in [-0.2, 0) is 28.7 Å². The minimum atomic E-state index is -3.01. The van der Waals surface area contributed by atoms with Crippen LogP contribution in [0.15, 0.2) is 53.5 Å². The van der Waals surface area contributed by atoms with Crippen LogP contribution in [0.2, 0.25) is 0 Å². The average molecular weight is 515 g/mol. The highest BCUT2D eigenvalue weighted by Gasteiger charge is 2.07. The van der Waals surface area contributed by atoms with Crippen LogP contribution >= 0.6 is 24.0 Å². The van der Waals surface area contributed by atoms with Gasteiger partial charge in [-0.3, -0.25) is 0 Å². The number of sulfone groups is 1. The summed E-state index contributed by atoms with van der Waals surface area (Å²) in [5.41, 5.74) is 4.33. The minimum absolute atomic E-state index is 0. The topological polar surface area (TPSA) is 61.8 Å². The molecule has 0 spiro atoms. The van der Waals surface area contributed by atoms with Gasteiger partial charge >= 0.3 is 0 Å². The van der Waals surface area contributed by atoms with E-state index in [0.717, 1.165) is 30.2 Å². The first kappa shape index (κ1) is 24.4. The van der Waals surface area contributed by atoms with Gasteiger partial charge in [0.15, 0.2) is 15.8 Å². The fourth-order valence-corrected chi connectivity index (χ4v) is 3.52. The Labute approximate surface area is 186 Å². The van der Waals surface area contributed by atoms with Crippen molar-refractivity contribution in [2.45, 2.75) is 32.7 Å². The fraction of sp³-hybridized carbons (Fsp3) is 0.381. The van der Waals surface area contributed by atoms with Gasteiger partial charge in [-0.2, -0.15) is 0 Å². The van der Waals surface area contributed by atoms with Crippen molar-refractivity contribution >= 4 is 39.8 Å². The first-order valence-electron chi connectivity index (χ1n) is 9.07. The van der Waals surface area contributed by atoms with Crippen molar-refractivity contribution in [1.29, 1.82) is 0 Å². The molecular weight excluding hydrogens is 485 g/mol. The van der Waals surface area contributed by atoms with Crippen LogP contribution in [0, 0.1) is 6.92 Å². The maximum absolute atomic E-state index is 11.4. The van der Waals surface area contributed by atoms with E-state index < -0.39 is 9.84 Å². The molecule has 2 aromatic carbocycles. The molecule has 0 radical (unpaired) electrons. The molecule has 2 rings (SSSR count). The van der Waals surface area contributed by atoms with E-state index in [2.05, 4.69) is 48.3 Å². The van der Waals surface area contributed by atoms with Crippen LogP contribution in [0.25, 0.3) is 0 Å². The zero-order valence-corrected chi connectivity index (χ0v) is 20.1. The molecule has 2 aromatic rings. The third-order valence-electron chi connectivity index (χ3n) is 4.10. The molecule has 0 bridgehead atoms. The van der Waals surface area contributed by atoms with E-state index in [4.69, 9.17) is 4.99 Å². The van der Waals surface area contributed by atoms with Crippen molar-refractivity contribution in [3.05, 3.63) is 70.8 Å². The van der Waals surface area contributed by atoms with Gasteiger partial charge in [-0.25, -0.2) is 13.4 Å². The normalized spacial score (nSPS) is 11.6. The molecule has 0 unspecified atom stereocenters. The smallest absolute Gasteiger partial charge is 0.194 e. The quantitative estimate of drug-likeness (QED) is 0.347. The second-order valence-electron chi connectivity index (χ2n) is 6.90. The summed E-state index contributed by atoms with van der Waals surface area (Å²) in [6, 6.07) is 16.1. The van der Waals surface area contributed by atoms with Crippen molar-refractivity contribution in [2.24, 2.45) is 4.99 Å². The minimum Gasteiger partial charge on any atom is -0.357 e. The number of aryl methyl sites for hydroxylation is 1. The molecule has 0 aromatic heterocycles. The van der Waals surface area contributed by atoms with Crippen molar-refractivity contribution in [1.82, 2.24) is 10.2 Å². The van der Waals surface area contributed by atoms with Crippen LogP contribution < -0.4 is 5.32 Å². The highest BCUT2D eigenvalue weighted by atomic mass is 127. The molecule has 0 aliphatic heterocycles. The van der Waals surface area contributed by atoms with E-state index in [1.807, 2.05) is 31.3 Å². The number of nitrogens with zero attached hydrogens (tertiary/aromatic N) is 2. The maximum Gasteiger partial charge on any atom is 0.194 e. The molecule has 154 valence electrons. The predicted octanol–water partition coefficient (Wildman–Crippen LogP) is 3.76. The van der Waals surface area contributed by atoms with E-state index in [1.165, 1.54) is 17.4 Å². The molecule has 0 aliphatic rings. The summed E-state index contributed by atoms with van der Waals surface area (Å²) in [5.74, 6) is 0.914. The number of nitrogens with one attached hydrogen (secondary N) is 1. The highest BCUT2D eigenvalue weighted by molar-refractivity contribution is 14.0. The molecule has 0 aliphatic carbocycles. The van der Waals surface area contributed by atoms with Crippen LogP contribution in [0.1, 0.15) is 29.2 Å². The first-order chi connectivity index (χ1) is 12.8. The molecule has 5 nitrogen and oxygen atoms in total. The lowest BCUT2D eigenvalue weighted by atomic mass is 10.1. The molecular formula is C21H30IN3O2S. The Hall–Kier alpha value is -1.61. The summed E-state index contributed by atoms with van der Waals surface area (Å²) < 4.78 is 22.8. The van der Waals surface area contributed by atoms with Crippen molar-refractivity contribution in [2.75, 3.05) is 19.8 Å². The lowest BCUT2D eigenvalue weighted by molar-refractivity contribution is 0.477. The van der Waals surface area contributed by atoms with E-state index in [9.17, 15) is 8.42 Å². The van der Waals surface area contributed by atoms with Crippen molar-refractivity contribution in [3.8, 4) is 0 Å². The Kier molecular flexibility index (Phi) is 9.95. The summed E-state index contributed by atoms with van der Waals surface area (Å²) in [6.07, 6.45) is 1.25. The average Bonchev–Trinajstić information content (AvgIpc) is 2.60. The SMILES string of the molecule is CCNC(=NCc1ccc(CS(C)(=O)=O)cc1)N(C)Cc1ccc(C)cc1.I. The van der Waals surface area contributed by atoms with Gasteiger partial charge in [0.1, 0.15) is 0 Å². The lowest BCUT2D eigenvalue weighted by Gasteiger charge is -2.22. The van der Waals surface area contributed by atoms with Crippen LogP contribution in [0.3, 0.4) is 0 Å². The molecule has 0 amide bonds. The Bertz CT molecular complexity index is 864. The molecule has 1 N–H and O–H groups in total. The number of hydrogen-bond donors (Lipinski definition) is 1. The zero-order chi connectivity index (χ0) is 19.9. The lowest BCUT2D eigenvalue weighted by Crippen LogP contribution is -2.38. The van der Waals surface area contributed by atoms with Gasteiger partial charge in [0.25, 0.3) is 0 Å². The Balaban J connectivity index is 0.00000392. The van der Waals surface area contributed by atoms with Gasteiger partial charge < -0.3 is 10.2 Å². The van der Waals surface area contributed by atoms with E-state index in [-0.39, 0.29) is 29.7 Å². The van der Waals surface area contributed by atoms with E-state index >= 15 is 0 Å². The monoisotopic (exact) mass is 515 g/mol. The Morgan fingerprint density at radius 3 is 2.07 bits per heavy atom. The van der Waals surface area contributed by atoms with Gasteiger partial charge in [0, 0.05) is 26.4 Å². The van der Waals surface area contributed by atoms with Gasteiger partial charge in [-0.1, -0.05) is 54.1 Å². The van der Waals surface area contributed by atoms with Crippen molar-refractivity contribution < 1.29 is 8.42 Å². The molecule has 0 fully saturated rings. The first-order valence-corrected chi connectivity index (χ1v) is 11.1. The Morgan fingerprint density at radius 1 is 1.00 bits per heavy atom. The second kappa shape index (κ2) is 11.4. The zero-order valence-electron chi connectivity index (χ0n) is 17.0. The number of aliphatic imine (C=N–C) groups is 1. The van der Waals surface area contributed by atoms with Crippen LogP contribution in [0.5, 0.6) is 0 Å². The fourth-order valence-electron chi connectivity index (χ4n) is 2.72. The maximum atomic E-state index is 11.4. The second-order valence-corrected chi connectivity index (χ2v) is 9.04. The molecule has 0 heterocycles. The third kappa shape index (κ3) is 8.60. The van der Waals surface area contributed by atoms with Crippen molar-refractivity contribution in [3.63, 3.8) is 0 Å². The summed E-state index contributed by atoms with van der Waals surface area (Å²) in [4.78, 5) is 6.82. The number of rotatable bonds is 7. The molecule has 0 saturated heterocycles. The highest BCUT2D eigenvalue weighted by Crippen LogP contribution is 2.10. The largest absolute Gasteiger partial charge is 0.357 e. The van der Waals surface area contributed by atoms with Crippen LogP contribution in [-0.4, -0.2) is 39.1 Å². The van der Waals surface area contributed by atoms with E-state index in [1.54, 1.807) is 0 Å². The molecule has 28 heavy (non-hydrogen) atoms. The number of benzene rings is 2. The van der Waals surface area contributed by atoms with E-state index in [0.29, 0.717) is 6.54 Å². The number of halogens is 1.